The summed E-state index contributed by atoms with van der Waals surface area (Å²) >= 11 is 0. The number of aliphatic hydroxyl groups is 2. The van der Waals surface area contributed by atoms with E-state index in [1.165, 1.54) is 0 Å². The zero-order chi connectivity index (χ0) is 11.5. The number of aliphatic carboxylic acids is 1. The minimum Gasteiger partial charge on any atom is -0.481 e. The molecule has 0 saturated heterocycles. The first kappa shape index (κ1) is 12.5. The normalized spacial score (nSPS) is 33.7. The van der Waals surface area contributed by atoms with E-state index in [0.29, 0.717) is 18.8 Å². The monoisotopic (exact) mass is 216 g/mol. The number of carboxylic acids is 1. The standard InChI is InChI=1S/C11H20O4/c1-8-2-5-11(15,6-3-8)9(4-7-12)10(13)14/h8-9,12,15H,2-7H2,1H3,(H,13,14). The van der Waals surface area contributed by atoms with Gasteiger partial charge in [-0.1, -0.05) is 6.92 Å². The fourth-order valence-corrected chi connectivity index (χ4v) is 2.36. The van der Waals surface area contributed by atoms with Gasteiger partial charge in [0.05, 0.1) is 11.5 Å². The Morgan fingerprint density at radius 3 is 2.40 bits per heavy atom. The lowest BCUT2D eigenvalue weighted by Crippen LogP contribution is -2.45. The van der Waals surface area contributed by atoms with Gasteiger partial charge >= 0.3 is 5.97 Å². The summed E-state index contributed by atoms with van der Waals surface area (Å²) in [4.78, 5) is 11.0. The lowest BCUT2D eigenvalue weighted by atomic mass is 9.71. The zero-order valence-electron chi connectivity index (χ0n) is 9.15. The minimum absolute atomic E-state index is 0.139. The number of aliphatic hydroxyl groups excluding tert-OH is 1. The lowest BCUT2D eigenvalue weighted by molar-refractivity contribution is -0.157. The zero-order valence-corrected chi connectivity index (χ0v) is 9.15. The van der Waals surface area contributed by atoms with Crippen LogP contribution in [-0.2, 0) is 4.79 Å². The molecule has 1 aliphatic carbocycles. The maximum Gasteiger partial charge on any atom is 0.309 e. The van der Waals surface area contributed by atoms with Gasteiger partial charge < -0.3 is 15.3 Å². The average Bonchev–Trinajstić information content (AvgIpc) is 2.19. The third kappa shape index (κ3) is 2.92. The highest BCUT2D eigenvalue weighted by Gasteiger charge is 2.42. The molecule has 0 aromatic rings. The Morgan fingerprint density at radius 2 is 2.00 bits per heavy atom. The summed E-state index contributed by atoms with van der Waals surface area (Å²) in [5.74, 6) is -1.26. The van der Waals surface area contributed by atoms with E-state index in [1.54, 1.807) is 0 Å². The van der Waals surface area contributed by atoms with Crippen molar-refractivity contribution in [1.82, 2.24) is 0 Å². The summed E-state index contributed by atoms with van der Waals surface area (Å²) < 4.78 is 0. The average molecular weight is 216 g/mol. The molecule has 0 bridgehead atoms. The molecule has 1 saturated carbocycles. The molecule has 1 rings (SSSR count). The number of hydrogen-bond acceptors (Lipinski definition) is 3. The molecular formula is C11H20O4. The Morgan fingerprint density at radius 1 is 1.47 bits per heavy atom. The highest BCUT2D eigenvalue weighted by Crippen LogP contribution is 2.38. The second-order valence-corrected chi connectivity index (χ2v) is 4.69. The SMILES string of the molecule is CC1CCC(O)(C(CCO)C(=O)O)CC1. The molecule has 0 amide bonds. The first-order valence-corrected chi connectivity index (χ1v) is 5.55. The summed E-state index contributed by atoms with van der Waals surface area (Å²) in [5, 5.41) is 28.1. The van der Waals surface area contributed by atoms with Crippen LogP contribution in [0.5, 0.6) is 0 Å². The van der Waals surface area contributed by atoms with Crippen molar-refractivity contribution in [2.45, 2.75) is 44.6 Å². The molecule has 1 unspecified atom stereocenters. The van der Waals surface area contributed by atoms with Crippen molar-refractivity contribution in [1.29, 1.82) is 0 Å². The maximum atomic E-state index is 11.0. The molecule has 0 heterocycles. The van der Waals surface area contributed by atoms with Crippen molar-refractivity contribution in [2.75, 3.05) is 6.61 Å². The molecule has 0 aromatic heterocycles. The first-order chi connectivity index (χ1) is 6.99. The van der Waals surface area contributed by atoms with Crippen LogP contribution in [0.3, 0.4) is 0 Å². The Bertz CT molecular complexity index is 219. The molecule has 0 spiro atoms. The molecule has 88 valence electrons. The van der Waals surface area contributed by atoms with E-state index in [9.17, 15) is 9.90 Å². The van der Waals surface area contributed by atoms with Crippen molar-refractivity contribution in [3.8, 4) is 0 Å². The summed E-state index contributed by atoms with van der Waals surface area (Å²) in [7, 11) is 0. The molecule has 0 radical (unpaired) electrons. The fourth-order valence-electron chi connectivity index (χ4n) is 2.36. The Balaban J connectivity index is 2.68. The van der Waals surface area contributed by atoms with Crippen molar-refractivity contribution in [3.63, 3.8) is 0 Å². The van der Waals surface area contributed by atoms with E-state index in [2.05, 4.69) is 6.92 Å². The Kier molecular flexibility index (Phi) is 4.11. The first-order valence-electron chi connectivity index (χ1n) is 5.55. The molecule has 1 fully saturated rings. The van der Waals surface area contributed by atoms with Gasteiger partial charge in [0.1, 0.15) is 0 Å². The van der Waals surface area contributed by atoms with Crippen LogP contribution in [-0.4, -0.2) is 33.5 Å². The van der Waals surface area contributed by atoms with Gasteiger partial charge in [-0.3, -0.25) is 4.79 Å². The van der Waals surface area contributed by atoms with E-state index in [4.69, 9.17) is 10.2 Å². The van der Waals surface area contributed by atoms with Crippen LogP contribution in [0.15, 0.2) is 0 Å². The Hall–Kier alpha value is -0.610. The lowest BCUT2D eigenvalue weighted by Gasteiger charge is -2.38. The molecule has 4 nitrogen and oxygen atoms in total. The van der Waals surface area contributed by atoms with Crippen molar-refractivity contribution in [2.24, 2.45) is 11.8 Å². The molecule has 0 aliphatic heterocycles. The van der Waals surface area contributed by atoms with E-state index in [1.807, 2.05) is 0 Å². The molecule has 3 N–H and O–H groups in total. The molecule has 15 heavy (non-hydrogen) atoms. The highest BCUT2D eigenvalue weighted by molar-refractivity contribution is 5.71. The third-order valence-corrected chi connectivity index (χ3v) is 3.50. The van der Waals surface area contributed by atoms with Crippen LogP contribution in [0.1, 0.15) is 39.0 Å². The van der Waals surface area contributed by atoms with Gasteiger partial charge in [-0.25, -0.2) is 0 Å². The van der Waals surface area contributed by atoms with Crippen LogP contribution in [0, 0.1) is 11.8 Å². The number of carboxylic acid groups (broad SMARTS) is 1. The third-order valence-electron chi connectivity index (χ3n) is 3.50. The molecular weight excluding hydrogens is 196 g/mol. The fraction of sp³-hybridized carbons (Fsp3) is 0.909. The summed E-state index contributed by atoms with van der Waals surface area (Å²) in [5.41, 5.74) is -1.11. The van der Waals surface area contributed by atoms with Crippen LogP contribution in [0.25, 0.3) is 0 Å². The van der Waals surface area contributed by atoms with Crippen LogP contribution < -0.4 is 0 Å². The summed E-state index contributed by atoms with van der Waals surface area (Å²) in [6, 6.07) is 0. The number of rotatable bonds is 4. The topological polar surface area (TPSA) is 77.8 Å². The molecule has 4 heteroatoms. The van der Waals surface area contributed by atoms with Crippen molar-refractivity contribution < 1.29 is 20.1 Å². The van der Waals surface area contributed by atoms with Gasteiger partial charge in [0.2, 0.25) is 0 Å². The molecule has 1 atom stereocenters. The van der Waals surface area contributed by atoms with Crippen molar-refractivity contribution >= 4 is 5.97 Å². The van der Waals surface area contributed by atoms with Gasteiger partial charge in [0.25, 0.3) is 0 Å². The smallest absolute Gasteiger partial charge is 0.309 e. The van der Waals surface area contributed by atoms with Gasteiger partial charge in [0.15, 0.2) is 0 Å². The Labute approximate surface area is 89.9 Å². The largest absolute Gasteiger partial charge is 0.481 e. The second kappa shape index (κ2) is 4.94. The van der Waals surface area contributed by atoms with Gasteiger partial charge in [0, 0.05) is 6.61 Å². The van der Waals surface area contributed by atoms with Gasteiger partial charge in [-0.15, -0.1) is 0 Å². The van der Waals surface area contributed by atoms with Crippen LogP contribution in [0.2, 0.25) is 0 Å². The number of carbonyl (C=O) groups is 1. The van der Waals surface area contributed by atoms with Crippen LogP contribution >= 0.6 is 0 Å². The predicted molar refractivity (Wildman–Crippen MR) is 55.4 cm³/mol. The predicted octanol–water partition coefficient (Wildman–Crippen LogP) is 1.01. The minimum atomic E-state index is -1.11. The van der Waals surface area contributed by atoms with E-state index in [0.717, 1.165) is 12.8 Å². The second-order valence-electron chi connectivity index (χ2n) is 4.69. The van der Waals surface area contributed by atoms with E-state index >= 15 is 0 Å². The highest BCUT2D eigenvalue weighted by atomic mass is 16.4. The molecule has 0 aromatic carbocycles. The quantitative estimate of drug-likeness (QED) is 0.655. The van der Waals surface area contributed by atoms with Gasteiger partial charge in [-0.2, -0.15) is 0 Å². The maximum absolute atomic E-state index is 11.0. The van der Waals surface area contributed by atoms with Crippen molar-refractivity contribution in [3.05, 3.63) is 0 Å². The van der Waals surface area contributed by atoms with E-state index in [-0.39, 0.29) is 13.0 Å². The summed E-state index contributed by atoms with van der Waals surface area (Å²) in [6.07, 6.45) is 2.94. The van der Waals surface area contributed by atoms with E-state index < -0.39 is 17.5 Å². The molecule has 1 aliphatic rings. The summed E-state index contributed by atoms with van der Waals surface area (Å²) in [6.45, 7) is 1.93. The van der Waals surface area contributed by atoms with Gasteiger partial charge in [-0.05, 0) is 38.0 Å². The van der Waals surface area contributed by atoms with Crippen LogP contribution in [0.4, 0.5) is 0 Å². The number of hydrogen-bond donors (Lipinski definition) is 3.